The Labute approximate surface area is 195 Å². The lowest BCUT2D eigenvalue weighted by Crippen LogP contribution is -2.39. The first-order valence-electron chi connectivity index (χ1n) is 11.9. The average Bonchev–Trinajstić information content (AvgIpc) is 3.59. The van der Waals surface area contributed by atoms with Crippen LogP contribution in [0.15, 0.2) is 49.4 Å². The van der Waals surface area contributed by atoms with Gasteiger partial charge in [-0.3, -0.25) is 19.4 Å². The summed E-state index contributed by atoms with van der Waals surface area (Å²) in [5, 5.41) is 4.43. The molecule has 2 saturated heterocycles. The Hall–Kier alpha value is -3.00. The van der Waals surface area contributed by atoms with Crippen LogP contribution >= 0.6 is 0 Å². The van der Waals surface area contributed by atoms with Gasteiger partial charge in [-0.25, -0.2) is 4.98 Å². The molecule has 5 heterocycles. The highest BCUT2D eigenvalue weighted by molar-refractivity contribution is 5.86. The quantitative estimate of drug-likeness (QED) is 0.557. The SMILES string of the molecule is CCn1cc(CN2C[C@@H](c3cn(C(C)C)cn3)[C@@]3(CCN(Cc4ccncc4)C3=O)C2)cn1. The second-order valence-electron chi connectivity index (χ2n) is 9.75. The zero-order valence-electron chi connectivity index (χ0n) is 19.8. The van der Waals surface area contributed by atoms with E-state index in [1.54, 1.807) is 12.4 Å². The Bertz CT molecular complexity index is 1100. The number of amides is 1. The number of nitrogens with zero attached hydrogens (tertiary/aromatic N) is 7. The molecule has 8 nitrogen and oxygen atoms in total. The predicted octanol–water partition coefficient (Wildman–Crippen LogP) is 3.09. The van der Waals surface area contributed by atoms with Crippen LogP contribution in [0.2, 0.25) is 0 Å². The maximum Gasteiger partial charge on any atom is 0.231 e. The van der Waals surface area contributed by atoms with Crippen LogP contribution in [-0.4, -0.2) is 59.7 Å². The van der Waals surface area contributed by atoms with Gasteiger partial charge >= 0.3 is 0 Å². The highest BCUT2D eigenvalue weighted by atomic mass is 16.2. The number of carbonyl (C=O) groups excluding carboxylic acids is 1. The first kappa shape index (κ1) is 21.8. The van der Waals surface area contributed by atoms with Gasteiger partial charge in [0.15, 0.2) is 0 Å². The first-order valence-corrected chi connectivity index (χ1v) is 11.9. The highest BCUT2D eigenvalue weighted by Crippen LogP contribution is 2.50. The van der Waals surface area contributed by atoms with Gasteiger partial charge in [0.2, 0.25) is 5.91 Å². The van der Waals surface area contributed by atoms with Crippen LogP contribution in [-0.2, 0) is 24.4 Å². The third-order valence-electron chi connectivity index (χ3n) is 7.27. The van der Waals surface area contributed by atoms with Crippen molar-refractivity contribution in [3.05, 3.63) is 66.3 Å². The molecule has 1 amide bonds. The van der Waals surface area contributed by atoms with Crippen LogP contribution < -0.4 is 0 Å². The number of aromatic nitrogens is 5. The zero-order chi connectivity index (χ0) is 23.0. The minimum atomic E-state index is -0.427. The van der Waals surface area contributed by atoms with E-state index in [1.807, 2.05) is 34.2 Å². The fourth-order valence-corrected chi connectivity index (χ4v) is 5.43. The third-order valence-corrected chi connectivity index (χ3v) is 7.27. The summed E-state index contributed by atoms with van der Waals surface area (Å²) in [4.78, 5) is 27.3. The molecule has 2 fully saturated rings. The second kappa shape index (κ2) is 8.74. The van der Waals surface area contributed by atoms with E-state index in [4.69, 9.17) is 4.98 Å². The van der Waals surface area contributed by atoms with Crippen molar-refractivity contribution < 1.29 is 4.79 Å². The van der Waals surface area contributed by atoms with E-state index in [1.165, 1.54) is 5.56 Å². The van der Waals surface area contributed by atoms with Gasteiger partial charge in [0.05, 0.1) is 23.6 Å². The van der Waals surface area contributed by atoms with Gasteiger partial charge in [-0.2, -0.15) is 5.10 Å². The van der Waals surface area contributed by atoms with Crippen LogP contribution in [0.1, 0.15) is 56.0 Å². The summed E-state index contributed by atoms with van der Waals surface area (Å²) in [6.45, 7) is 11.1. The van der Waals surface area contributed by atoms with E-state index < -0.39 is 5.41 Å². The number of likely N-dealkylation sites (tertiary alicyclic amines) is 2. The largest absolute Gasteiger partial charge is 0.338 e. The topological polar surface area (TPSA) is 72.1 Å². The van der Waals surface area contributed by atoms with Crippen LogP contribution in [0.4, 0.5) is 0 Å². The molecule has 0 radical (unpaired) electrons. The van der Waals surface area contributed by atoms with Crippen LogP contribution in [0, 0.1) is 5.41 Å². The fourth-order valence-electron chi connectivity index (χ4n) is 5.43. The van der Waals surface area contributed by atoms with Gasteiger partial charge in [0, 0.05) is 81.6 Å². The molecule has 0 saturated carbocycles. The number of carbonyl (C=O) groups is 1. The summed E-state index contributed by atoms with van der Waals surface area (Å²) in [6.07, 6.45) is 12.6. The Morgan fingerprint density at radius 3 is 2.67 bits per heavy atom. The van der Waals surface area contributed by atoms with E-state index in [-0.39, 0.29) is 11.8 Å². The molecule has 0 bridgehead atoms. The van der Waals surface area contributed by atoms with Crippen molar-refractivity contribution in [1.29, 1.82) is 0 Å². The molecule has 5 rings (SSSR count). The lowest BCUT2D eigenvalue weighted by Gasteiger charge is -2.28. The van der Waals surface area contributed by atoms with Gasteiger partial charge < -0.3 is 9.47 Å². The summed E-state index contributed by atoms with van der Waals surface area (Å²) in [5.41, 5.74) is 2.93. The number of hydrogen-bond acceptors (Lipinski definition) is 5. The molecule has 3 aromatic heterocycles. The molecule has 3 aromatic rings. The zero-order valence-corrected chi connectivity index (χ0v) is 19.8. The van der Waals surface area contributed by atoms with Crippen molar-refractivity contribution >= 4 is 5.91 Å². The van der Waals surface area contributed by atoms with Crippen molar-refractivity contribution in [2.75, 3.05) is 19.6 Å². The molecule has 8 heteroatoms. The molecule has 2 atom stereocenters. The van der Waals surface area contributed by atoms with Crippen LogP contribution in [0.25, 0.3) is 0 Å². The standard InChI is InChI=1S/C25H33N7O/c1-4-32-14-21(11-28-32)12-29-15-22(23-16-31(18-27-23)19(2)3)25(17-29)7-10-30(24(25)33)13-20-5-8-26-9-6-20/h5-6,8-9,11,14,16,18-19,22H,4,7,10,12-13,15,17H2,1-3H3/t22-,25+/m0/s1. The monoisotopic (exact) mass is 447 g/mol. The first-order chi connectivity index (χ1) is 16.0. The Morgan fingerprint density at radius 1 is 1.15 bits per heavy atom. The van der Waals surface area contributed by atoms with E-state index in [0.717, 1.165) is 50.4 Å². The maximum atomic E-state index is 13.9. The highest BCUT2D eigenvalue weighted by Gasteiger charge is 2.57. The van der Waals surface area contributed by atoms with Gasteiger partial charge in [-0.05, 0) is 44.9 Å². The maximum absolute atomic E-state index is 13.9. The van der Waals surface area contributed by atoms with Crippen molar-refractivity contribution in [3.63, 3.8) is 0 Å². The van der Waals surface area contributed by atoms with Crippen molar-refractivity contribution in [1.82, 2.24) is 34.1 Å². The van der Waals surface area contributed by atoms with Gasteiger partial charge in [-0.15, -0.1) is 0 Å². The molecule has 1 spiro atoms. The summed E-state index contributed by atoms with van der Waals surface area (Å²) in [5.74, 6) is 0.351. The van der Waals surface area contributed by atoms with Gasteiger partial charge in [0.1, 0.15) is 0 Å². The third kappa shape index (κ3) is 4.08. The molecule has 33 heavy (non-hydrogen) atoms. The summed E-state index contributed by atoms with van der Waals surface area (Å²) in [6, 6.07) is 4.33. The molecule has 0 unspecified atom stereocenters. The minimum absolute atomic E-state index is 0.0914. The van der Waals surface area contributed by atoms with E-state index in [0.29, 0.717) is 12.6 Å². The molecular weight excluding hydrogens is 414 g/mol. The number of imidazole rings is 1. The van der Waals surface area contributed by atoms with Crippen molar-refractivity contribution in [2.24, 2.45) is 5.41 Å². The second-order valence-corrected chi connectivity index (χ2v) is 9.75. The van der Waals surface area contributed by atoms with Gasteiger partial charge in [-0.1, -0.05) is 0 Å². The molecule has 174 valence electrons. The van der Waals surface area contributed by atoms with Crippen LogP contribution in [0.3, 0.4) is 0 Å². The molecule has 0 aliphatic carbocycles. The lowest BCUT2D eigenvalue weighted by molar-refractivity contribution is -0.136. The molecule has 0 aromatic carbocycles. The average molecular weight is 448 g/mol. The fraction of sp³-hybridized carbons (Fsp3) is 0.520. The Balaban J connectivity index is 1.42. The Morgan fingerprint density at radius 2 is 1.97 bits per heavy atom. The number of pyridine rings is 1. The summed E-state index contributed by atoms with van der Waals surface area (Å²) < 4.78 is 4.10. The van der Waals surface area contributed by atoms with E-state index in [9.17, 15) is 4.79 Å². The minimum Gasteiger partial charge on any atom is -0.338 e. The summed E-state index contributed by atoms with van der Waals surface area (Å²) in [7, 11) is 0. The lowest BCUT2D eigenvalue weighted by atomic mass is 9.75. The molecule has 2 aliphatic rings. The predicted molar refractivity (Wildman–Crippen MR) is 125 cm³/mol. The number of rotatable bonds is 7. The normalized spacial score (nSPS) is 23.5. The van der Waals surface area contributed by atoms with Crippen molar-refractivity contribution in [2.45, 2.75) is 58.8 Å². The number of hydrogen-bond donors (Lipinski definition) is 0. The van der Waals surface area contributed by atoms with Gasteiger partial charge in [0.25, 0.3) is 0 Å². The smallest absolute Gasteiger partial charge is 0.231 e. The molecule has 2 aliphatic heterocycles. The molecular formula is C25H33N7O. The van der Waals surface area contributed by atoms with Crippen molar-refractivity contribution in [3.8, 4) is 0 Å². The van der Waals surface area contributed by atoms with E-state index >= 15 is 0 Å². The van der Waals surface area contributed by atoms with Crippen LogP contribution in [0.5, 0.6) is 0 Å². The molecule has 0 N–H and O–H groups in total. The number of aryl methyl sites for hydroxylation is 1. The van der Waals surface area contributed by atoms with E-state index in [2.05, 4.69) is 52.7 Å². The Kier molecular flexibility index (Phi) is 5.78. The summed E-state index contributed by atoms with van der Waals surface area (Å²) >= 11 is 0.